The number of pyridine rings is 1. The molecular formula is C11H6BrNO. The van der Waals surface area contributed by atoms with Gasteiger partial charge in [-0.1, -0.05) is 15.9 Å². The van der Waals surface area contributed by atoms with E-state index in [4.69, 9.17) is 4.42 Å². The van der Waals surface area contributed by atoms with Crippen LogP contribution in [0.1, 0.15) is 0 Å². The van der Waals surface area contributed by atoms with E-state index in [2.05, 4.69) is 27.0 Å². The Morgan fingerprint density at radius 3 is 2.93 bits per heavy atom. The number of hydrogen-bond acceptors (Lipinski definition) is 2. The van der Waals surface area contributed by atoms with Crippen LogP contribution in [0, 0.1) is 0 Å². The largest absolute Gasteiger partial charge is 0.454 e. The summed E-state index contributed by atoms with van der Waals surface area (Å²) in [6, 6.07) is 7.95. The maximum absolute atomic E-state index is 5.62. The van der Waals surface area contributed by atoms with Crippen molar-refractivity contribution in [2.75, 3.05) is 0 Å². The lowest BCUT2D eigenvalue weighted by Gasteiger charge is -1.89. The van der Waals surface area contributed by atoms with E-state index >= 15 is 0 Å². The van der Waals surface area contributed by atoms with Crippen LogP contribution in [-0.2, 0) is 0 Å². The first-order chi connectivity index (χ1) is 6.84. The Morgan fingerprint density at radius 2 is 2.00 bits per heavy atom. The normalized spacial score (nSPS) is 11.2. The van der Waals surface area contributed by atoms with Gasteiger partial charge in [-0.25, -0.2) is 0 Å². The molecule has 0 amide bonds. The third-order valence-corrected chi connectivity index (χ3v) is 2.73. The quantitative estimate of drug-likeness (QED) is 0.605. The number of nitrogens with zero attached hydrogens (tertiary/aromatic N) is 1. The second-order valence-corrected chi connectivity index (χ2v) is 4.03. The molecule has 1 aromatic carbocycles. The smallest absolute Gasteiger partial charge is 0.153 e. The highest BCUT2D eigenvalue weighted by molar-refractivity contribution is 9.10. The molecule has 0 unspecified atom stereocenters. The first kappa shape index (κ1) is 8.00. The minimum Gasteiger partial charge on any atom is -0.454 e. The number of halogens is 1. The molecule has 0 spiro atoms. The Hall–Kier alpha value is -1.35. The van der Waals surface area contributed by atoms with E-state index in [0.29, 0.717) is 0 Å². The minimum atomic E-state index is 0.834. The van der Waals surface area contributed by atoms with E-state index in [1.807, 2.05) is 18.2 Å². The molecule has 0 bridgehead atoms. The van der Waals surface area contributed by atoms with Crippen LogP contribution in [0.3, 0.4) is 0 Å². The van der Waals surface area contributed by atoms with E-state index in [1.54, 1.807) is 12.4 Å². The number of hydrogen-bond donors (Lipinski definition) is 0. The van der Waals surface area contributed by atoms with Gasteiger partial charge in [-0.3, -0.25) is 4.98 Å². The zero-order valence-electron chi connectivity index (χ0n) is 7.20. The van der Waals surface area contributed by atoms with Gasteiger partial charge in [0.25, 0.3) is 0 Å². The van der Waals surface area contributed by atoms with Crippen LogP contribution in [0.4, 0.5) is 0 Å². The molecule has 0 aliphatic carbocycles. The maximum Gasteiger partial charge on any atom is 0.153 e. The lowest BCUT2D eigenvalue weighted by Crippen LogP contribution is -1.68. The van der Waals surface area contributed by atoms with Crippen LogP contribution in [0.15, 0.2) is 45.5 Å². The SMILES string of the molecule is Brc1ccc2oc3cnccc3c2c1. The molecule has 0 aliphatic rings. The van der Waals surface area contributed by atoms with Crippen molar-refractivity contribution in [3.8, 4) is 0 Å². The summed E-state index contributed by atoms with van der Waals surface area (Å²) in [6.07, 6.45) is 3.52. The molecule has 0 atom stereocenters. The van der Waals surface area contributed by atoms with E-state index < -0.39 is 0 Å². The average molecular weight is 248 g/mol. The summed E-state index contributed by atoms with van der Waals surface area (Å²) in [6.45, 7) is 0. The first-order valence-electron chi connectivity index (χ1n) is 4.26. The van der Waals surface area contributed by atoms with Crippen molar-refractivity contribution >= 4 is 37.9 Å². The van der Waals surface area contributed by atoms with Gasteiger partial charge >= 0.3 is 0 Å². The van der Waals surface area contributed by atoms with Gasteiger partial charge in [0.15, 0.2) is 5.58 Å². The predicted molar refractivity (Wildman–Crippen MR) is 59.2 cm³/mol. The summed E-state index contributed by atoms with van der Waals surface area (Å²) in [4.78, 5) is 4.03. The average Bonchev–Trinajstić information content (AvgIpc) is 2.56. The molecule has 3 aromatic rings. The van der Waals surface area contributed by atoms with Crippen molar-refractivity contribution in [2.24, 2.45) is 0 Å². The molecule has 0 fully saturated rings. The third-order valence-electron chi connectivity index (χ3n) is 2.24. The van der Waals surface area contributed by atoms with E-state index in [-0.39, 0.29) is 0 Å². The summed E-state index contributed by atoms with van der Waals surface area (Å²) in [5.74, 6) is 0. The molecule has 3 heteroatoms. The molecule has 3 rings (SSSR count). The van der Waals surface area contributed by atoms with E-state index in [9.17, 15) is 0 Å². The fraction of sp³-hybridized carbons (Fsp3) is 0. The van der Waals surface area contributed by atoms with Crippen molar-refractivity contribution in [2.45, 2.75) is 0 Å². The molecule has 0 N–H and O–H groups in total. The van der Waals surface area contributed by atoms with Crippen molar-refractivity contribution in [1.82, 2.24) is 4.98 Å². The Morgan fingerprint density at radius 1 is 1.07 bits per heavy atom. The molecule has 0 saturated heterocycles. The zero-order valence-corrected chi connectivity index (χ0v) is 8.78. The van der Waals surface area contributed by atoms with Gasteiger partial charge in [-0.15, -0.1) is 0 Å². The lowest BCUT2D eigenvalue weighted by molar-refractivity contribution is 0.667. The van der Waals surface area contributed by atoms with Crippen molar-refractivity contribution < 1.29 is 4.42 Å². The topological polar surface area (TPSA) is 26.0 Å². The Bertz CT molecular complexity index is 615. The van der Waals surface area contributed by atoms with E-state index in [1.165, 1.54) is 0 Å². The van der Waals surface area contributed by atoms with Crippen LogP contribution in [0.5, 0.6) is 0 Å². The molecule has 2 heterocycles. The molecule has 0 aliphatic heterocycles. The Balaban J connectivity index is 2.58. The molecule has 68 valence electrons. The highest BCUT2D eigenvalue weighted by atomic mass is 79.9. The second-order valence-electron chi connectivity index (χ2n) is 3.11. The third kappa shape index (κ3) is 1.06. The molecule has 0 radical (unpaired) electrons. The number of benzene rings is 1. The van der Waals surface area contributed by atoms with Gasteiger partial charge < -0.3 is 4.42 Å². The molecule has 2 aromatic heterocycles. The molecule has 14 heavy (non-hydrogen) atoms. The van der Waals surface area contributed by atoms with Gasteiger partial charge in [0, 0.05) is 21.4 Å². The van der Waals surface area contributed by atoms with Crippen LogP contribution in [0.2, 0.25) is 0 Å². The maximum atomic E-state index is 5.62. The van der Waals surface area contributed by atoms with Gasteiger partial charge in [-0.05, 0) is 24.3 Å². The fourth-order valence-corrected chi connectivity index (χ4v) is 1.97. The Labute approximate surface area is 88.7 Å². The first-order valence-corrected chi connectivity index (χ1v) is 5.06. The number of rotatable bonds is 0. The summed E-state index contributed by atoms with van der Waals surface area (Å²) < 4.78 is 6.68. The number of fused-ring (bicyclic) bond motifs is 3. The standard InChI is InChI=1S/C11H6BrNO/c12-7-1-2-10-9(5-7)8-3-4-13-6-11(8)14-10/h1-6H. The lowest BCUT2D eigenvalue weighted by atomic mass is 10.2. The van der Waals surface area contributed by atoms with Crippen LogP contribution < -0.4 is 0 Å². The van der Waals surface area contributed by atoms with Crippen LogP contribution in [-0.4, -0.2) is 4.98 Å². The molecular weight excluding hydrogens is 242 g/mol. The minimum absolute atomic E-state index is 0.834. The van der Waals surface area contributed by atoms with Crippen molar-refractivity contribution in [1.29, 1.82) is 0 Å². The van der Waals surface area contributed by atoms with Crippen molar-refractivity contribution in [3.63, 3.8) is 0 Å². The summed E-state index contributed by atoms with van der Waals surface area (Å²) in [7, 11) is 0. The summed E-state index contributed by atoms with van der Waals surface area (Å²) >= 11 is 3.45. The van der Waals surface area contributed by atoms with E-state index in [0.717, 1.165) is 26.4 Å². The molecule has 0 saturated carbocycles. The number of furan rings is 1. The van der Waals surface area contributed by atoms with Gasteiger partial charge in [0.2, 0.25) is 0 Å². The van der Waals surface area contributed by atoms with Gasteiger partial charge in [0.1, 0.15) is 5.58 Å². The monoisotopic (exact) mass is 247 g/mol. The highest BCUT2D eigenvalue weighted by Crippen LogP contribution is 2.29. The number of aromatic nitrogens is 1. The second kappa shape index (κ2) is 2.82. The Kier molecular flexibility index (Phi) is 1.61. The van der Waals surface area contributed by atoms with Gasteiger partial charge in [-0.2, -0.15) is 0 Å². The van der Waals surface area contributed by atoms with Crippen LogP contribution in [0.25, 0.3) is 21.9 Å². The highest BCUT2D eigenvalue weighted by Gasteiger charge is 2.05. The van der Waals surface area contributed by atoms with Crippen LogP contribution >= 0.6 is 15.9 Å². The van der Waals surface area contributed by atoms with Gasteiger partial charge in [0.05, 0.1) is 6.20 Å². The predicted octanol–water partition coefficient (Wildman–Crippen LogP) is 3.74. The summed E-state index contributed by atoms with van der Waals surface area (Å²) in [5.41, 5.74) is 1.73. The molecule has 2 nitrogen and oxygen atoms in total. The fourth-order valence-electron chi connectivity index (χ4n) is 1.60. The summed E-state index contributed by atoms with van der Waals surface area (Å²) in [5, 5.41) is 2.23. The zero-order chi connectivity index (χ0) is 9.54. The van der Waals surface area contributed by atoms with Crippen molar-refractivity contribution in [3.05, 3.63) is 41.1 Å².